The molecule has 2 aromatic rings. The Balaban J connectivity index is 2.00. The molecule has 1 aromatic carbocycles. The largest absolute Gasteiger partial charge is 0.493 e. The van der Waals surface area contributed by atoms with Crippen molar-refractivity contribution in [1.29, 1.82) is 0 Å². The molecule has 0 aliphatic carbocycles. The first kappa shape index (κ1) is 17.2. The number of nitrogens with one attached hydrogen (secondary N) is 1. The molecule has 0 radical (unpaired) electrons. The number of carbonyl (C=O) groups is 1. The number of ether oxygens (including phenoxy) is 2. The van der Waals surface area contributed by atoms with Crippen LogP contribution in [0, 0.1) is 0 Å². The van der Waals surface area contributed by atoms with Crippen molar-refractivity contribution in [3.8, 4) is 11.5 Å². The quantitative estimate of drug-likeness (QED) is 0.745. The second-order valence-electron chi connectivity index (χ2n) is 4.92. The topological polar surface area (TPSA) is 60.7 Å². The Morgan fingerprint density at radius 3 is 2.74 bits per heavy atom. The van der Waals surface area contributed by atoms with E-state index in [1.54, 1.807) is 19.2 Å². The molecule has 1 heterocycles. The average Bonchev–Trinajstić information content (AvgIpc) is 3.07. The molecule has 0 unspecified atom stereocenters. The highest BCUT2D eigenvalue weighted by molar-refractivity contribution is 6.16. The summed E-state index contributed by atoms with van der Waals surface area (Å²) in [6.07, 6.45) is 0.908. The molecule has 0 spiro atoms. The number of hydrogen-bond donors (Lipinski definition) is 1. The van der Waals surface area contributed by atoms with E-state index >= 15 is 0 Å². The fourth-order valence-electron chi connectivity index (χ4n) is 2.00. The normalized spacial score (nSPS) is 10.4. The lowest BCUT2D eigenvalue weighted by molar-refractivity contribution is 0.0921. The number of halogens is 1. The molecule has 124 valence electrons. The predicted octanol–water partition coefficient (Wildman–Crippen LogP) is 3.75. The molecular weight excluding hydrogens is 318 g/mol. The number of benzene rings is 1. The first-order chi connectivity index (χ1) is 11.2. The number of methoxy groups -OCH3 is 1. The Kier molecular flexibility index (Phi) is 6.35. The number of carbonyl (C=O) groups excluding carboxylic acids is 1. The molecule has 23 heavy (non-hydrogen) atoms. The molecule has 0 fully saturated rings. The molecule has 0 saturated heterocycles. The lowest BCUT2D eigenvalue weighted by atomic mass is 10.2. The van der Waals surface area contributed by atoms with Gasteiger partial charge in [0.05, 0.1) is 19.6 Å². The minimum Gasteiger partial charge on any atom is -0.493 e. The third-order valence-electron chi connectivity index (χ3n) is 3.16. The van der Waals surface area contributed by atoms with E-state index in [1.807, 2.05) is 25.1 Å². The van der Waals surface area contributed by atoms with Gasteiger partial charge in [-0.05, 0) is 36.2 Å². The van der Waals surface area contributed by atoms with Gasteiger partial charge in [0, 0.05) is 6.54 Å². The molecule has 0 aliphatic rings. The summed E-state index contributed by atoms with van der Waals surface area (Å²) >= 11 is 5.65. The third-order valence-corrected chi connectivity index (χ3v) is 3.42. The van der Waals surface area contributed by atoms with Crippen LogP contribution in [0.5, 0.6) is 11.5 Å². The van der Waals surface area contributed by atoms with Crippen molar-refractivity contribution < 1.29 is 18.7 Å². The Morgan fingerprint density at radius 1 is 1.26 bits per heavy atom. The van der Waals surface area contributed by atoms with Crippen molar-refractivity contribution in [2.24, 2.45) is 0 Å². The van der Waals surface area contributed by atoms with Gasteiger partial charge >= 0.3 is 0 Å². The maximum atomic E-state index is 12.0. The molecule has 6 heteroatoms. The SMILES string of the molecule is CCCOc1cc(CNC(=O)c2ccc(CCl)o2)ccc1OC. The van der Waals surface area contributed by atoms with Gasteiger partial charge in [0.25, 0.3) is 5.91 Å². The highest BCUT2D eigenvalue weighted by Crippen LogP contribution is 2.28. The average molecular weight is 338 g/mol. The van der Waals surface area contributed by atoms with Gasteiger partial charge in [-0.25, -0.2) is 0 Å². The fraction of sp³-hybridized carbons (Fsp3) is 0.353. The smallest absolute Gasteiger partial charge is 0.287 e. The number of amides is 1. The Hall–Kier alpha value is -2.14. The maximum Gasteiger partial charge on any atom is 0.287 e. The number of furan rings is 1. The second kappa shape index (κ2) is 8.48. The predicted molar refractivity (Wildman–Crippen MR) is 88.2 cm³/mol. The Morgan fingerprint density at radius 2 is 2.09 bits per heavy atom. The minimum absolute atomic E-state index is 0.240. The summed E-state index contributed by atoms with van der Waals surface area (Å²) in [4.78, 5) is 12.0. The number of rotatable bonds is 8. The van der Waals surface area contributed by atoms with E-state index in [2.05, 4.69) is 5.32 Å². The maximum absolute atomic E-state index is 12.0. The van der Waals surface area contributed by atoms with Crippen LogP contribution in [-0.4, -0.2) is 19.6 Å². The van der Waals surface area contributed by atoms with E-state index in [4.69, 9.17) is 25.5 Å². The summed E-state index contributed by atoms with van der Waals surface area (Å²) in [6.45, 7) is 3.01. The van der Waals surface area contributed by atoms with Crippen molar-refractivity contribution in [2.75, 3.05) is 13.7 Å². The van der Waals surface area contributed by atoms with E-state index in [0.717, 1.165) is 12.0 Å². The van der Waals surface area contributed by atoms with Crippen molar-refractivity contribution in [2.45, 2.75) is 25.8 Å². The van der Waals surface area contributed by atoms with Gasteiger partial charge in [0.1, 0.15) is 5.76 Å². The van der Waals surface area contributed by atoms with Crippen LogP contribution in [0.3, 0.4) is 0 Å². The van der Waals surface area contributed by atoms with E-state index in [1.165, 1.54) is 0 Å². The van der Waals surface area contributed by atoms with Gasteiger partial charge < -0.3 is 19.2 Å². The molecule has 1 N–H and O–H groups in total. The zero-order valence-corrected chi connectivity index (χ0v) is 14.0. The summed E-state index contributed by atoms with van der Waals surface area (Å²) in [5.41, 5.74) is 0.911. The zero-order chi connectivity index (χ0) is 16.7. The van der Waals surface area contributed by atoms with Gasteiger partial charge in [-0.3, -0.25) is 4.79 Å². The number of alkyl halides is 1. The highest BCUT2D eigenvalue weighted by Gasteiger charge is 2.11. The van der Waals surface area contributed by atoms with Gasteiger partial charge in [-0.15, -0.1) is 11.6 Å². The second-order valence-corrected chi connectivity index (χ2v) is 5.18. The molecular formula is C17H20ClNO4. The van der Waals surface area contributed by atoms with Crippen LogP contribution in [0.1, 0.15) is 35.2 Å². The van der Waals surface area contributed by atoms with Crippen LogP contribution in [0.4, 0.5) is 0 Å². The first-order valence-electron chi connectivity index (χ1n) is 7.40. The van der Waals surface area contributed by atoms with Crippen LogP contribution in [0.25, 0.3) is 0 Å². The van der Waals surface area contributed by atoms with Gasteiger partial charge in [-0.1, -0.05) is 13.0 Å². The van der Waals surface area contributed by atoms with Crippen molar-refractivity contribution in [1.82, 2.24) is 5.32 Å². The van der Waals surface area contributed by atoms with Crippen molar-refractivity contribution in [3.05, 3.63) is 47.4 Å². The lowest BCUT2D eigenvalue weighted by Gasteiger charge is -2.12. The standard InChI is InChI=1S/C17H20ClNO4/c1-3-8-22-16-9-12(4-6-14(16)21-2)11-19-17(20)15-7-5-13(10-18)23-15/h4-7,9H,3,8,10-11H2,1-2H3,(H,19,20). The van der Waals surface area contributed by atoms with Gasteiger partial charge in [0.15, 0.2) is 17.3 Å². The molecule has 0 atom stereocenters. The van der Waals surface area contributed by atoms with Crippen LogP contribution in [-0.2, 0) is 12.4 Å². The van der Waals surface area contributed by atoms with Crippen molar-refractivity contribution in [3.63, 3.8) is 0 Å². The monoisotopic (exact) mass is 337 g/mol. The van der Waals surface area contributed by atoms with Crippen LogP contribution < -0.4 is 14.8 Å². The minimum atomic E-state index is -0.284. The third kappa shape index (κ3) is 4.66. The molecule has 1 aromatic heterocycles. The Bertz CT molecular complexity index is 654. The molecule has 0 saturated carbocycles. The van der Waals surface area contributed by atoms with E-state index < -0.39 is 0 Å². The fourth-order valence-corrected chi connectivity index (χ4v) is 2.14. The van der Waals surface area contributed by atoms with E-state index in [0.29, 0.717) is 30.4 Å². The van der Waals surface area contributed by atoms with Crippen molar-refractivity contribution >= 4 is 17.5 Å². The summed E-state index contributed by atoms with van der Waals surface area (Å²) < 4.78 is 16.2. The molecule has 1 amide bonds. The molecule has 2 rings (SSSR count). The van der Waals surface area contributed by atoms with Crippen LogP contribution in [0.2, 0.25) is 0 Å². The molecule has 0 bridgehead atoms. The summed E-state index contributed by atoms with van der Waals surface area (Å²) in [6, 6.07) is 8.86. The zero-order valence-electron chi connectivity index (χ0n) is 13.2. The van der Waals surface area contributed by atoms with E-state index in [9.17, 15) is 4.79 Å². The van der Waals surface area contributed by atoms with Crippen LogP contribution >= 0.6 is 11.6 Å². The molecule has 0 aliphatic heterocycles. The van der Waals surface area contributed by atoms with E-state index in [-0.39, 0.29) is 17.5 Å². The summed E-state index contributed by atoms with van der Waals surface area (Å²) in [5.74, 6) is 2.11. The summed E-state index contributed by atoms with van der Waals surface area (Å²) in [7, 11) is 1.60. The Labute approximate surface area is 140 Å². The first-order valence-corrected chi connectivity index (χ1v) is 7.94. The van der Waals surface area contributed by atoms with Crippen LogP contribution in [0.15, 0.2) is 34.7 Å². The highest BCUT2D eigenvalue weighted by atomic mass is 35.5. The number of hydrogen-bond acceptors (Lipinski definition) is 4. The van der Waals surface area contributed by atoms with Gasteiger partial charge in [0.2, 0.25) is 0 Å². The summed E-state index contributed by atoms with van der Waals surface area (Å²) in [5, 5.41) is 2.80. The lowest BCUT2D eigenvalue weighted by Crippen LogP contribution is -2.22. The molecule has 5 nitrogen and oxygen atoms in total. The van der Waals surface area contributed by atoms with Gasteiger partial charge in [-0.2, -0.15) is 0 Å².